The van der Waals surface area contributed by atoms with Gasteiger partial charge in [0.25, 0.3) is 0 Å². The van der Waals surface area contributed by atoms with Gasteiger partial charge in [0, 0.05) is 26.7 Å². The summed E-state index contributed by atoms with van der Waals surface area (Å²) in [7, 11) is 0. The van der Waals surface area contributed by atoms with E-state index in [1.165, 1.54) is 0 Å². The molecule has 0 atom stereocenters. The zero-order valence-electron chi connectivity index (χ0n) is 8.32. The largest absolute Gasteiger partial charge is 0.377 e. The van der Waals surface area contributed by atoms with Gasteiger partial charge < -0.3 is 5.32 Å². The van der Waals surface area contributed by atoms with Gasteiger partial charge in [0.05, 0.1) is 6.54 Å². The van der Waals surface area contributed by atoms with E-state index in [1.54, 1.807) is 18.5 Å². The maximum absolute atomic E-state index is 5.88. The van der Waals surface area contributed by atoms with E-state index in [0.29, 0.717) is 6.54 Å². The summed E-state index contributed by atoms with van der Waals surface area (Å²) in [5, 5.41) is 4.01. The first-order valence-corrected chi connectivity index (χ1v) is 6.16. The number of halogens is 2. The molecule has 0 aliphatic heterocycles. The normalized spacial score (nSPS) is 10.1. The van der Waals surface area contributed by atoms with Crippen molar-refractivity contribution >= 4 is 39.9 Å². The molecule has 82 valence electrons. The number of nitrogens with zero attached hydrogens (tertiary/aromatic N) is 2. The van der Waals surface area contributed by atoms with Crippen LogP contribution in [0.25, 0.3) is 0 Å². The first-order valence-electron chi connectivity index (χ1n) is 4.70. The lowest BCUT2D eigenvalue weighted by molar-refractivity contribution is 0.947. The lowest BCUT2D eigenvalue weighted by atomic mass is 10.3. The van der Waals surface area contributed by atoms with E-state index in [9.17, 15) is 0 Å². The zero-order valence-corrected chi connectivity index (χ0v) is 11.2. The molecule has 1 aromatic heterocycles. The molecule has 0 bridgehead atoms. The predicted octanol–water partition coefficient (Wildman–Crippen LogP) is 3.35. The van der Waals surface area contributed by atoms with Crippen LogP contribution >= 0.6 is 34.2 Å². The van der Waals surface area contributed by atoms with E-state index in [0.717, 1.165) is 20.1 Å². The third kappa shape index (κ3) is 3.05. The van der Waals surface area contributed by atoms with Crippen LogP contribution in [0.1, 0.15) is 5.82 Å². The van der Waals surface area contributed by atoms with E-state index in [-0.39, 0.29) is 0 Å². The van der Waals surface area contributed by atoms with E-state index in [2.05, 4.69) is 37.9 Å². The second kappa shape index (κ2) is 5.45. The number of nitrogens with one attached hydrogen (secondary N) is 1. The van der Waals surface area contributed by atoms with Gasteiger partial charge in [-0.1, -0.05) is 11.6 Å². The maximum atomic E-state index is 5.88. The molecule has 16 heavy (non-hydrogen) atoms. The Balaban J connectivity index is 2.05. The van der Waals surface area contributed by atoms with Crippen molar-refractivity contribution in [1.82, 2.24) is 9.97 Å². The second-order valence-corrected chi connectivity index (χ2v) is 4.74. The molecule has 0 amide bonds. The highest BCUT2D eigenvalue weighted by molar-refractivity contribution is 14.1. The van der Waals surface area contributed by atoms with Crippen LogP contribution < -0.4 is 5.32 Å². The number of hydrogen-bond donors (Lipinski definition) is 1. The molecule has 1 heterocycles. The zero-order chi connectivity index (χ0) is 11.4. The summed E-state index contributed by atoms with van der Waals surface area (Å²) >= 11 is 8.12. The summed E-state index contributed by atoms with van der Waals surface area (Å²) in [4.78, 5) is 8.28. The lowest BCUT2D eigenvalue weighted by Crippen LogP contribution is -2.04. The smallest absolute Gasteiger partial charge is 0.147 e. The molecule has 0 aliphatic carbocycles. The molecular formula is C11H9ClIN3. The van der Waals surface area contributed by atoms with Crippen LogP contribution in [-0.4, -0.2) is 9.97 Å². The molecule has 0 saturated carbocycles. The van der Waals surface area contributed by atoms with Gasteiger partial charge in [-0.3, -0.25) is 0 Å². The summed E-state index contributed by atoms with van der Waals surface area (Å²) in [5.41, 5.74) is 1.04. The van der Waals surface area contributed by atoms with Crippen LogP contribution in [0.3, 0.4) is 0 Å². The van der Waals surface area contributed by atoms with Crippen molar-refractivity contribution in [2.45, 2.75) is 6.54 Å². The minimum atomic E-state index is 0.610. The molecule has 0 fully saturated rings. The topological polar surface area (TPSA) is 37.8 Å². The molecule has 0 saturated heterocycles. The van der Waals surface area contributed by atoms with Gasteiger partial charge in [0.15, 0.2) is 0 Å². The molecule has 1 aromatic carbocycles. The Bertz CT molecular complexity index is 476. The average Bonchev–Trinajstić information content (AvgIpc) is 2.29. The highest BCUT2D eigenvalue weighted by Gasteiger charge is 2.01. The minimum Gasteiger partial charge on any atom is -0.377 e. The molecule has 2 rings (SSSR count). The summed E-state index contributed by atoms with van der Waals surface area (Å²) in [5.74, 6) is 0.772. The van der Waals surface area contributed by atoms with Gasteiger partial charge in [0.1, 0.15) is 5.82 Å². The minimum absolute atomic E-state index is 0.610. The van der Waals surface area contributed by atoms with Crippen LogP contribution in [0.5, 0.6) is 0 Å². The molecule has 1 N–H and O–H groups in total. The van der Waals surface area contributed by atoms with Gasteiger partial charge in [-0.05, 0) is 46.9 Å². The summed E-state index contributed by atoms with van der Waals surface area (Å²) in [6, 6.07) is 7.52. The van der Waals surface area contributed by atoms with E-state index in [1.807, 2.05) is 18.2 Å². The molecular weight excluding hydrogens is 336 g/mol. The third-order valence-electron chi connectivity index (χ3n) is 1.99. The Labute approximate surface area is 112 Å². The standard InChI is InChI=1S/C11H9ClIN3/c12-8-2-3-10(9(13)6-8)16-7-11-14-4-1-5-15-11/h1-6,16H,7H2. The van der Waals surface area contributed by atoms with Crippen LogP contribution in [0.4, 0.5) is 5.69 Å². The monoisotopic (exact) mass is 345 g/mol. The Morgan fingerprint density at radius 1 is 1.25 bits per heavy atom. The van der Waals surface area contributed by atoms with E-state index >= 15 is 0 Å². The highest BCUT2D eigenvalue weighted by atomic mass is 127. The average molecular weight is 346 g/mol. The first kappa shape index (κ1) is 11.6. The Hall–Kier alpha value is -0.880. The van der Waals surface area contributed by atoms with Crippen LogP contribution in [-0.2, 0) is 6.54 Å². The fourth-order valence-corrected chi connectivity index (χ4v) is 2.29. The van der Waals surface area contributed by atoms with Gasteiger partial charge in [-0.25, -0.2) is 9.97 Å². The number of rotatable bonds is 3. The van der Waals surface area contributed by atoms with Gasteiger partial charge in [-0.2, -0.15) is 0 Å². The molecule has 0 spiro atoms. The van der Waals surface area contributed by atoms with Crippen molar-refractivity contribution in [3.63, 3.8) is 0 Å². The Morgan fingerprint density at radius 2 is 2.00 bits per heavy atom. The van der Waals surface area contributed by atoms with Crippen LogP contribution in [0.15, 0.2) is 36.7 Å². The lowest BCUT2D eigenvalue weighted by Gasteiger charge is -2.07. The van der Waals surface area contributed by atoms with Crippen molar-refractivity contribution in [2.75, 3.05) is 5.32 Å². The summed E-state index contributed by atoms with van der Waals surface area (Å²) in [6.07, 6.45) is 3.47. The fourth-order valence-electron chi connectivity index (χ4n) is 1.23. The SMILES string of the molecule is Clc1ccc(NCc2ncccn2)c(I)c1. The van der Waals surface area contributed by atoms with Crippen molar-refractivity contribution in [1.29, 1.82) is 0 Å². The van der Waals surface area contributed by atoms with Gasteiger partial charge in [0.2, 0.25) is 0 Å². The van der Waals surface area contributed by atoms with Crippen LogP contribution in [0, 0.1) is 3.57 Å². The van der Waals surface area contributed by atoms with Crippen molar-refractivity contribution < 1.29 is 0 Å². The fraction of sp³-hybridized carbons (Fsp3) is 0.0909. The number of anilines is 1. The van der Waals surface area contributed by atoms with Gasteiger partial charge >= 0.3 is 0 Å². The molecule has 2 aromatic rings. The summed E-state index contributed by atoms with van der Waals surface area (Å²) in [6.45, 7) is 0.610. The Morgan fingerprint density at radius 3 is 2.69 bits per heavy atom. The predicted molar refractivity (Wildman–Crippen MR) is 73.5 cm³/mol. The maximum Gasteiger partial charge on any atom is 0.147 e. The van der Waals surface area contributed by atoms with Crippen molar-refractivity contribution in [3.05, 3.63) is 51.1 Å². The Kier molecular flexibility index (Phi) is 3.95. The number of hydrogen-bond acceptors (Lipinski definition) is 3. The molecule has 5 heteroatoms. The summed E-state index contributed by atoms with van der Waals surface area (Å²) < 4.78 is 1.08. The molecule has 0 radical (unpaired) electrons. The van der Waals surface area contributed by atoms with Gasteiger partial charge in [-0.15, -0.1) is 0 Å². The number of benzene rings is 1. The first-order chi connectivity index (χ1) is 7.75. The van der Waals surface area contributed by atoms with Crippen molar-refractivity contribution in [2.24, 2.45) is 0 Å². The van der Waals surface area contributed by atoms with E-state index < -0.39 is 0 Å². The second-order valence-electron chi connectivity index (χ2n) is 3.14. The number of aromatic nitrogens is 2. The molecule has 0 unspecified atom stereocenters. The quantitative estimate of drug-likeness (QED) is 0.867. The highest BCUT2D eigenvalue weighted by Crippen LogP contribution is 2.22. The molecule has 3 nitrogen and oxygen atoms in total. The third-order valence-corrected chi connectivity index (χ3v) is 3.11. The van der Waals surface area contributed by atoms with Crippen molar-refractivity contribution in [3.8, 4) is 0 Å². The van der Waals surface area contributed by atoms with Crippen LogP contribution in [0.2, 0.25) is 5.02 Å². The van der Waals surface area contributed by atoms with E-state index in [4.69, 9.17) is 11.6 Å². The molecule has 0 aliphatic rings.